The highest BCUT2D eigenvalue weighted by molar-refractivity contribution is 14.1. The lowest BCUT2D eigenvalue weighted by atomic mass is 9.86. The standard InChI is InChI=1S/C23H20F6IN3O3/c1-11(2)33(20(35)18-14(19(31)34)5-4-6-15(18)30)16-8-7-13(9-12(16)3)21(23(27,28)29)10-17(32-36-21)22(24,25)26/h4-9,11H,10H2,1-3H3,(H2,31,34). The van der Waals surface area contributed by atoms with E-state index in [2.05, 4.69) is 9.99 Å². The molecule has 1 unspecified atom stereocenters. The van der Waals surface area contributed by atoms with Gasteiger partial charge in [0, 0.05) is 20.9 Å². The van der Waals surface area contributed by atoms with Gasteiger partial charge >= 0.3 is 12.4 Å². The second-order valence-electron chi connectivity index (χ2n) is 8.43. The van der Waals surface area contributed by atoms with E-state index in [0.29, 0.717) is 3.57 Å². The molecule has 13 heteroatoms. The number of hydrogen-bond acceptors (Lipinski definition) is 4. The minimum absolute atomic E-state index is 0.0249. The van der Waals surface area contributed by atoms with E-state index in [1.54, 1.807) is 26.0 Å². The number of anilines is 1. The SMILES string of the molecule is Cc1cc(C2(C(F)(F)F)CC(C(F)(F)F)=NO2)ccc1N(C(=O)c1c(I)cccc1C(N)=O)C(C)C. The molecule has 1 atom stereocenters. The van der Waals surface area contributed by atoms with Crippen molar-refractivity contribution in [3.05, 3.63) is 62.2 Å². The van der Waals surface area contributed by atoms with E-state index in [4.69, 9.17) is 5.73 Å². The molecule has 1 heterocycles. The first kappa shape index (κ1) is 27.7. The summed E-state index contributed by atoms with van der Waals surface area (Å²) < 4.78 is 81.7. The first-order valence-corrected chi connectivity index (χ1v) is 11.5. The second kappa shape index (κ2) is 9.56. The molecule has 6 nitrogen and oxygen atoms in total. The van der Waals surface area contributed by atoms with E-state index in [1.165, 1.54) is 24.0 Å². The van der Waals surface area contributed by atoms with E-state index in [-0.39, 0.29) is 22.4 Å². The van der Waals surface area contributed by atoms with Crippen molar-refractivity contribution in [1.82, 2.24) is 0 Å². The topological polar surface area (TPSA) is 85.0 Å². The number of carbonyl (C=O) groups is 2. The highest BCUT2D eigenvalue weighted by Gasteiger charge is 2.65. The van der Waals surface area contributed by atoms with Gasteiger partial charge in [0.1, 0.15) is 0 Å². The number of hydrogen-bond donors (Lipinski definition) is 1. The van der Waals surface area contributed by atoms with Gasteiger partial charge in [-0.2, -0.15) is 26.3 Å². The van der Waals surface area contributed by atoms with Crippen molar-refractivity contribution in [2.24, 2.45) is 10.9 Å². The summed E-state index contributed by atoms with van der Waals surface area (Å²) in [5, 5.41) is 2.69. The summed E-state index contributed by atoms with van der Waals surface area (Å²) in [7, 11) is 0. The number of nitrogens with zero attached hydrogens (tertiary/aromatic N) is 2. The number of primary amides is 1. The third-order valence-electron chi connectivity index (χ3n) is 5.66. The molecule has 0 aromatic heterocycles. The number of carbonyl (C=O) groups excluding carboxylic acids is 2. The van der Waals surface area contributed by atoms with Gasteiger partial charge < -0.3 is 15.5 Å². The maximum Gasteiger partial charge on any atom is 0.435 e. The van der Waals surface area contributed by atoms with Crippen LogP contribution in [-0.2, 0) is 10.4 Å². The molecule has 1 aliphatic heterocycles. The van der Waals surface area contributed by atoms with E-state index in [9.17, 15) is 35.9 Å². The van der Waals surface area contributed by atoms with Gasteiger partial charge in [-0.15, -0.1) is 0 Å². The van der Waals surface area contributed by atoms with Crippen LogP contribution >= 0.6 is 22.6 Å². The maximum absolute atomic E-state index is 14.0. The fraction of sp³-hybridized carbons (Fsp3) is 0.348. The number of benzene rings is 2. The first-order valence-electron chi connectivity index (χ1n) is 10.4. The van der Waals surface area contributed by atoms with Crippen LogP contribution in [0.25, 0.3) is 0 Å². The summed E-state index contributed by atoms with van der Waals surface area (Å²) in [4.78, 5) is 31.2. The van der Waals surface area contributed by atoms with Crippen molar-refractivity contribution < 1.29 is 40.8 Å². The number of amides is 2. The third-order valence-corrected chi connectivity index (χ3v) is 6.56. The third kappa shape index (κ3) is 4.89. The van der Waals surface area contributed by atoms with Crippen LogP contribution in [-0.4, -0.2) is 35.9 Å². The smallest absolute Gasteiger partial charge is 0.374 e. The number of alkyl halides is 6. The van der Waals surface area contributed by atoms with Crippen LogP contribution < -0.4 is 10.6 Å². The van der Waals surface area contributed by atoms with Crippen LogP contribution in [0.3, 0.4) is 0 Å². The van der Waals surface area contributed by atoms with Crippen molar-refractivity contribution in [3.8, 4) is 0 Å². The fourth-order valence-electron chi connectivity index (χ4n) is 3.92. The average Bonchev–Trinajstić information content (AvgIpc) is 3.22. The molecular weight excluding hydrogens is 607 g/mol. The molecule has 0 spiro atoms. The predicted octanol–water partition coefficient (Wildman–Crippen LogP) is 5.85. The Balaban J connectivity index is 2.10. The lowest BCUT2D eigenvalue weighted by Gasteiger charge is -2.32. The molecule has 0 radical (unpaired) electrons. The molecule has 2 amide bonds. The largest absolute Gasteiger partial charge is 0.435 e. The second-order valence-corrected chi connectivity index (χ2v) is 9.59. The Kier molecular flexibility index (Phi) is 7.37. The molecule has 2 N–H and O–H groups in total. The van der Waals surface area contributed by atoms with Crippen LogP contribution in [0, 0.1) is 10.5 Å². The van der Waals surface area contributed by atoms with Gasteiger partial charge in [-0.1, -0.05) is 17.3 Å². The number of halogens is 7. The Labute approximate surface area is 215 Å². The van der Waals surface area contributed by atoms with Crippen molar-refractivity contribution in [2.45, 2.75) is 51.2 Å². The van der Waals surface area contributed by atoms with Gasteiger partial charge in [-0.05, 0) is 73.2 Å². The lowest BCUT2D eigenvalue weighted by Crippen LogP contribution is -2.44. The van der Waals surface area contributed by atoms with Gasteiger partial charge in [0.2, 0.25) is 5.91 Å². The van der Waals surface area contributed by atoms with Gasteiger partial charge in [0.15, 0.2) is 5.71 Å². The Morgan fingerprint density at radius 2 is 1.78 bits per heavy atom. The summed E-state index contributed by atoms with van der Waals surface area (Å²) in [6.07, 6.45) is -11.9. The Hall–Kier alpha value is -2.84. The molecule has 2 aromatic rings. The summed E-state index contributed by atoms with van der Waals surface area (Å²) in [5.74, 6) is -1.45. The van der Waals surface area contributed by atoms with E-state index in [0.717, 1.165) is 12.1 Å². The van der Waals surface area contributed by atoms with Crippen molar-refractivity contribution in [2.75, 3.05) is 4.90 Å². The molecule has 0 fully saturated rings. The molecule has 3 rings (SSSR count). The molecule has 0 saturated heterocycles. The van der Waals surface area contributed by atoms with Gasteiger partial charge in [0.05, 0.1) is 17.5 Å². The molecule has 1 aliphatic rings. The van der Waals surface area contributed by atoms with Crippen LogP contribution in [0.4, 0.5) is 32.0 Å². The average molecular weight is 627 g/mol. The molecule has 194 valence electrons. The van der Waals surface area contributed by atoms with E-state index < -0.39 is 53.5 Å². The van der Waals surface area contributed by atoms with Crippen LogP contribution in [0.2, 0.25) is 0 Å². The van der Waals surface area contributed by atoms with Crippen molar-refractivity contribution >= 4 is 45.8 Å². The maximum atomic E-state index is 14.0. The molecule has 0 saturated carbocycles. The van der Waals surface area contributed by atoms with E-state index in [1.807, 2.05) is 22.6 Å². The zero-order chi connectivity index (χ0) is 27.2. The Morgan fingerprint density at radius 1 is 1.14 bits per heavy atom. The van der Waals surface area contributed by atoms with E-state index >= 15 is 0 Å². The normalized spacial score (nSPS) is 18.1. The number of oxime groups is 1. The highest BCUT2D eigenvalue weighted by Crippen LogP contribution is 2.50. The summed E-state index contributed by atoms with van der Waals surface area (Å²) >= 11 is 1.87. The summed E-state index contributed by atoms with van der Waals surface area (Å²) in [6, 6.07) is 7.19. The minimum atomic E-state index is -5.22. The number of aryl methyl sites for hydroxylation is 1. The summed E-state index contributed by atoms with van der Waals surface area (Å²) in [5.41, 5.74) is 0.172. The monoisotopic (exact) mass is 627 g/mol. The zero-order valence-corrected chi connectivity index (χ0v) is 21.2. The Bertz CT molecular complexity index is 1240. The van der Waals surface area contributed by atoms with Crippen LogP contribution in [0.5, 0.6) is 0 Å². The quantitative estimate of drug-likeness (QED) is 0.334. The van der Waals surface area contributed by atoms with Crippen molar-refractivity contribution in [1.29, 1.82) is 0 Å². The molecular formula is C23H20F6IN3O3. The highest BCUT2D eigenvalue weighted by atomic mass is 127. The molecule has 36 heavy (non-hydrogen) atoms. The molecule has 0 aliphatic carbocycles. The van der Waals surface area contributed by atoms with Gasteiger partial charge in [-0.25, -0.2) is 0 Å². The minimum Gasteiger partial charge on any atom is -0.374 e. The summed E-state index contributed by atoms with van der Waals surface area (Å²) in [6.45, 7) is 4.73. The number of nitrogens with two attached hydrogens (primary N) is 1. The van der Waals surface area contributed by atoms with Gasteiger partial charge in [0.25, 0.3) is 11.5 Å². The predicted molar refractivity (Wildman–Crippen MR) is 128 cm³/mol. The molecule has 2 aromatic carbocycles. The van der Waals surface area contributed by atoms with Crippen LogP contribution in [0.1, 0.15) is 52.1 Å². The van der Waals surface area contributed by atoms with Crippen LogP contribution in [0.15, 0.2) is 41.6 Å². The van der Waals surface area contributed by atoms with Crippen molar-refractivity contribution in [3.63, 3.8) is 0 Å². The Morgan fingerprint density at radius 3 is 2.25 bits per heavy atom. The van der Waals surface area contributed by atoms with Gasteiger partial charge in [-0.3, -0.25) is 9.59 Å². The first-order chi connectivity index (χ1) is 16.5. The zero-order valence-electron chi connectivity index (χ0n) is 19.1. The lowest BCUT2D eigenvalue weighted by molar-refractivity contribution is -0.276. The molecule has 0 bridgehead atoms. The number of rotatable bonds is 5. The fourth-order valence-corrected chi connectivity index (χ4v) is 4.65.